The fourth-order valence-electron chi connectivity index (χ4n) is 5.73. The summed E-state index contributed by atoms with van der Waals surface area (Å²) in [4.78, 5) is 15.1. The van der Waals surface area contributed by atoms with Crippen LogP contribution in [-0.2, 0) is 36.7 Å². The number of allylic oxidation sites excluding steroid dienone is 2. The van der Waals surface area contributed by atoms with E-state index in [1.54, 1.807) is 0 Å². The first-order chi connectivity index (χ1) is 18.6. The molecule has 2 heterocycles. The van der Waals surface area contributed by atoms with E-state index in [1.165, 1.54) is 47.4 Å². The molecule has 1 aliphatic carbocycles. The molecule has 1 N–H and O–H groups in total. The molecule has 3 aromatic carbocycles. The number of ketones is 1. The number of rotatable bonds is 4. The molecule has 207 valence electrons. The van der Waals surface area contributed by atoms with Crippen LogP contribution >= 0.6 is 0 Å². The largest absolute Gasteiger partial charge is 0.512 e. The van der Waals surface area contributed by atoms with Crippen molar-refractivity contribution in [3.05, 3.63) is 101 Å². The number of hydrogen-bond acceptors (Lipinski definition) is 4. The summed E-state index contributed by atoms with van der Waals surface area (Å²) in [6.45, 7) is 11.9. The van der Waals surface area contributed by atoms with Gasteiger partial charge in [-0.2, -0.15) is 0 Å². The van der Waals surface area contributed by atoms with Crippen LogP contribution in [0.5, 0.6) is 0 Å². The summed E-state index contributed by atoms with van der Waals surface area (Å²) < 4.78 is 6.34. The second-order valence-electron chi connectivity index (χ2n) is 11.3. The van der Waals surface area contributed by atoms with Crippen LogP contribution in [0.25, 0.3) is 44.5 Å². The van der Waals surface area contributed by atoms with Gasteiger partial charge in [-0.15, -0.1) is 29.3 Å². The zero-order chi connectivity index (χ0) is 27.9. The summed E-state index contributed by atoms with van der Waals surface area (Å²) in [6.07, 6.45) is 2.25. The molecule has 6 rings (SSSR count). The third kappa shape index (κ3) is 5.54. The molecule has 0 amide bonds. The van der Waals surface area contributed by atoms with Gasteiger partial charge in [-0.05, 0) is 66.4 Å². The summed E-state index contributed by atoms with van der Waals surface area (Å²) in [5.74, 6) is 1.57. The maximum absolute atomic E-state index is 10.0. The molecule has 4 nitrogen and oxygen atoms in total. The van der Waals surface area contributed by atoms with Crippen LogP contribution < -0.4 is 0 Å². The molecule has 0 saturated carbocycles. The van der Waals surface area contributed by atoms with Gasteiger partial charge in [0.2, 0.25) is 0 Å². The van der Waals surface area contributed by atoms with E-state index in [0.717, 1.165) is 40.1 Å². The number of benzene rings is 3. The number of carbonyl (C=O) groups is 1. The number of fused-ring (bicyclic) bond motifs is 6. The molecule has 0 bridgehead atoms. The molecule has 0 atom stereocenters. The Morgan fingerprint density at radius 3 is 2.48 bits per heavy atom. The van der Waals surface area contributed by atoms with E-state index in [9.17, 15) is 4.79 Å². The smallest absolute Gasteiger partial charge is 0.155 e. The van der Waals surface area contributed by atoms with Gasteiger partial charge in [0.25, 0.3) is 0 Å². The Labute approximate surface area is 249 Å². The first-order valence-electron chi connectivity index (χ1n) is 13.4. The number of hydrogen-bond donors (Lipinski definition) is 1. The number of aliphatic hydroxyl groups is 1. The van der Waals surface area contributed by atoms with Crippen molar-refractivity contribution in [3.63, 3.8) is 0 Å². The molecule has 0 unspecified atom stereocenters. The van der Waals surface area contributed by atoms with E-state index in [2.05, 4.69) is 88.4 Å². The van der Waals surface area contributed by atoms with Crippen molar-refractivity contribution in [2.24, 2.45) is 5.92 Å². The van der Waals surface area contributed by atoms with Gasteiger partial charge in [-0.25, -0.2) is 0 Å². The molecule has 0 aliphatic heterocycles. The van der Waals surface area contributed by atoms with Crippen LogP contribution in [0.15, 0.2) is 83.0 Å². The van der Waals surface area contributed by atoms with E-state index in [0.29, 0.717) is 5.92 Å². The van der Waals surface area contributed by atoms with Crippen LogP contribution in [0, 0.1) is 12.0 Å². The molecular formula is C35H34IrNO3-. The molecule has 0 fully saturated rings. The summed E-state index contributed by atoms with van der Waals surface area (Å²) in [7, 11) is 0. The monoisotopic (exact) mass is 709 g/mol. The summed E-state index contributed by atoms with van der Waals surface area (Å²) in [6, 6.07) is 27.0. The minimum Gasteiger partial charge on any atom is -0.512 e. The Morgan fingerprint density at radius 1 is 1.05 bits per heavy atom. The van der Waals surface area contributed by atoms with Crippen molar-refractivity contribution in [3.8, 4) is 22.6 Å². The van der Waals surface area contributed by atoms with E-state index >= 15 is 0 Å². The van der Waals surface area contributed by atoms with Gasteiger partial charge in [0.15, 0.2) is 5.78 Å². The predicted octanol–water partition coefficient (Wildman–Crippen LogP) is 8.99. The molecule has 1 radical (unpaired) electrons. The predicted molar refractivity (Wildman–Crippen MR) is 159 cm³/mol. The standard InChI is InChI=1S/C30H26NO.C5H8O2.Ir/c1-18(2)16-19-12-14-24-20(17-19)13-15-25(31-24)21-9-7-10-23-27(21)30(3,4)28-22-8-5-6-11-26(22)32-29(23)28;1-4(6)3-5(2)7;/h5-8,10-15,17-18H,16H2,1-4H3;3,6H,1-2H3;/q-1;;/b;4-3-;. The van der Waals surface area contributed by atoms with Gasteiger partial charge >= 0.3 is 0 Å². The zero-order valence-electron chi connectivity index (χ0n) is 23.8. The number of para-hydroxylation sites is 1. The SMILES string of the molecule is CC(=O)/C=C(/C)O.CC(C)Cc1ccc2nc(-c3[c-]ccc4c3C(C)(C)c3c-4oc4ccccc34)ccc2c1.[Ir]. The van der Waals surface area contributed by atoms with Gasteiger partial charge < -0.3 is 9.52 Å². The maximum Gasteiger partial charge on any atom is 0.155 e. The van der Waals surface area contributed by atoms with Crippen molar-refractivity contribution in [1.29, 1.82) is 0 Å². The topological polar surface area (TPSA) is 63.3 Å². The van der Waals surface area contributed by atoms with Crippen molar-refractivity contribution in [1.82, 2.24) is 4.98 Å². The van der Waals surface area contributed by atoms with E-state index in [4.69, 9.17) is 14.5 Å². The Bertz CT molecular complexity index is 1740. The fourth-order valence-corrected chi connectivity index (χ4v) is 5.73. The van der Waals surface area contributed by atoms with Gasteiger partial charge in [-0.3, -0.25) is 9.78 Å². The fraction of sp³-hybridized carbons (Fsp3) is 0.257. The average Bonchev–Trinajstić information content (AvgIpc) is 3.37. The first kappa shape index (κ1) is 29.5. The van der Waals surface area contributed by atoms with Crippen LogP contribution in [0.2, 0.25) is 0 Å². The molecule has 40 heavy (non-hydrogen) atoms. The molecule has 0 saturated heterocycles. The van der Waals surface area contributed by atoms with Crippen LogP contribution in [0.1, 0.15) is 58.2 Å². The van der Waals surface area contributed by atoms with Crippen molar-refractivity contribution in [2.45, 2.75) is 53.4 Å². The van der Waals surface area contributed by atoms with Crippen molar-refractivity contribution in [2.75, 3.05) is 0 Å². The maximum atomic E-state index is 10.0. The Balaban J connectivity index is 0.000000413. The van der Waals surface area contributed by atoms with Crippen LogP contribution in [0.4, 0.5) is 0 Å². The van der Waals surface area contributed by atoms with E-state index in [-0.39, 0.29) is 37.1 Å². The summed E-state index contributed by atoms with van der Waals surface area (Å²) >= 11 is 0. The van der Waals surface area contributed by atoms with Gasteiger partial charge in [-0.1, -0.05) is 69.7 Å². The molecule has 5 aromatic rings. The van der Waals surface area contributed by atoms with E-state index < -0.39 is 0 Å². The Kier molecular flexibility index (Phi) is 8.49. The second-order valence-corrected chi connectivity index (χ2v) is 11.3. The number of furan rings is 1. The van der Waals surface area contributed by atoms with Gasteiger partial charge in [0, 0.05) is 37.1 Å². The minimum absolute atomic E-state index is 0. The molecular weight excluding hydrogens is 675 g/mol. The number of carbonyl (C=O) groups excluding carboxylic acids is 1. The normalized spacial score (nSPS) is 13.4. The first-order valence-corrected chi connectivity index (χ1v) is 13.4. The Morgan fingerprint density at radius 2 is 1.80 bits per heavy atom. The summed E-state index contributed by atoms with van der Waals surface area (Å²) in [5.41, 5.74) is 8.86. The third-order valence-electron chi connectivity index (χ3n) is 7.15. The third-order valence-corrected chi connectivity index (χ3v) is 7.15. The number of aliphatic hydroxyl groups excluding tert-OH is 1. The molecule has 2 aromatic heterocycles. The molecule has 0 spiro atoms. The van der Waals surface area contributed by atoms with Crippen LogP contribution in [0.3, 0.4) is 0 Å². The van der Waals surface area contributed by atoms with Crippen LogP contribution in [-0.4, -0.2) is 15.9 Å². The van der Waals surface area contributed by atoms with Crippen molar-refractivity contribution >= 4 is 27.7 Å². The minimum atomic E-state index is -0.192. The quantitative estimate of drug-likeness (QED) is 0.115. The van der Waals surface area contributed by atoms with E-state index in [1.807, 2.05) is 12.1 Å². The average molecular weight is 709 g/mol. The van der Waals surface area contributed by atoms with Gasteiger partial charge in [0.05, 0.1) is 11.3 Å². The summed E-state index contributed by atoms with van der Waals surface area (Å²) in [5, 5.41) is 10.7. The molecule has 5 heteroatoms. The zero-order valence-corrected chi connectivity index (χ0v) is 26.2. The van der Waals surface area contributed by atoms with Gasteiger partial charge in [0.1, 0.15) is 11.3 Å². The number of aromatic nitrogens is 1. The number of pyridine rings is 1. The second kappa shape index (κ2) is 11.5. The Hall–Kier alpha value is -3.53. The number of nitrogens with zero attached hydrogens (tertiary/aromatic N) is 1. The molecule has 1 aliphatic rings. The van der Waals surface area contributed by atoms with Crippen molar-refractivity contribution < 1.29 is 34.4 Å².